The summed E-state index contributed by atoms with van der Waals surface area (Å²) >= 11 is 0. The van der Waals surface area contributed by atoms with E-state index < -0.39 is 15.8 Å². The average molecular weight is 570 g/mol. The van der Waals surface area contributed by atoms with Crippen LogP contribution in [-0.2, 0) is 23.1 Å². The molecule has 7 nitrogen and oxygen atoms in total. The van der Waals surface area contributed by atoms with Crippen LogP contribution in [0.15, 0.2) is 82.7 Å². The summed E-state index contributed by atoms with van der Waals surface area (Å²) in [5.41, 5.74) is 7.85. The molecule has 0 amide bonds. The summed E-state index contributed by atoms with van der Waals surface area (Å²) in [4.78, 5) is 4.35. The van der Waals surface area contributed by atoms with Crippen LogP contribution in [0.1, 0.15) is 11.1 Å². The van der Waals surface area contributed by atoms with Crippen molar-refractivity contribution in [2.45, 2.75) is 18.0 Å². The van der Waals surface area contributed by atoms with Crippen molar-refractivity contribution in [2.24, 2.45) is 10.7 Å². The Morgan fingerprint density at radius 1 is 1.03 bits per heavy atom. The summed E-state index contributed by atoms with van der Waals surface area (Å²) in [5, 5.41) is 2.96. The number of nitrogens with one attached hydrogen (secondary N) is 2. The number of nitrogens with two attached hydrogens (primary N) is 1. The van der Waals surface area contributed by atoms with Gasteiger partial charge in [-0.3, -0.25) is 0 Å². The maximum Gasteiger partial charge on any atom is 0.240 e. The molecule has 3 aromatic rings. The van der Waals surface area contributed by atoms with Gasteiger partial charge in [0, 0.05) is 18.3 Å². The summed E-state index contributed by atoms with van der Waals surface area (Å²) in [7, 11) is -2.20. The monoisotopic (exact) mass is 570 g/mol. The number of halogens is 2. The van der Waals surface area contributed by atoms with Gasteiger partial charge in [0.05, 0.1) is 18.6 Å². The Balaban J connectivity index is 0.00000363. The molecule has 4 N–H and O–H groups in total. The zero-order valence-corrected chi connectivity index (χ0v) is 20.4. The SMILES string of the molecule is COc1cccc(NC(N)=NCc2cccc(S(=O)(=O)NCc3cccc(F)c3)c2)c1.I. The highest BCUT2D eigenvalue weighted by Gasteiger charge is 2.14. The van der Waals surface area contributed by atoms with Crippen LogP contribution in [-0.4, -0.2) is 21.5 Å². The predicted octanol–water partition coefficient (Wildman–Crippen LogP) is 3.86. The Labute approximate surface area is 204 Å². The largest absolute Gasteiger partial charge is 0.497 e. The van der Waals surface area contributed by atoms with E-state index in [2.05, 4.69) is 15.0 Å². The number of benzene rings is 3. The Morgan fingerprint density at radius 2 is 1.75 bits per heavy atom. The van der Waals surface area contributed by atoms with Gasteiger partial charge in [0.1, 0.15) is 11.6 Å². The first-order valence-electron chi connectivity index (χ1n) is 9.40. The average Bonchev–Trinajstić information content (AvgIpc) is 2.77. The van der Waals surface area contributed by atoms with Crippen molar-refractivity contribution in [3.05, 3.63) is 89.7 Å². The Hall–Kier alpha value is -2.70. The first kappa shape index (κ1) is 25.6. The summed E-state index contributed by atoms with van der Waals surface area (Å²) in [6, 6.07) is 19.4. The summed E-state index contributed by atoms with van der Waals surface area (Å²) in [6.07, 6.45) is 0. The minimum atomic E-state index is -3.77. The highest BCUT2D eigenvalue weighted by atomic mass is 127. The molecule has 0 saturated heterocycles. The van der Waals surface area contributed by atoms with Gasteiger partial charge in [0.15, 0.2) is 5.96 Å². The number of guanidine groups is 1. The Kier molecular flexibility index (Phi) is 9.42. The van der Waals surface area contributed by atoms with Gasteiger partial charge in [-0.15, -0.1) is 24.0 Å². The number of methoxy groups -OCH3 is 1. The zero-order chi connectivity index (χ0) is 22.3. The maximum atomic E-state index is 13.3. The molecule has 0 atom stereocenters. The third-order valence-corrected chi connectivity index (χ3v) is 5.74. The van der Waals surface area contributed by atoms with E-state index in [1.165, 1.54) is 30.3 Å². The molecular weight excluding hydrogens is 546 g/mol. The summed E-state index contributed by atoms with van der Waals surface area (Å²) in [5.74, 6) is 0.448. The molecule has 0 bridgehead atoms. The molecule has 0 spiro atoms. The van der Waals surface area contributed by atoms with E-state index in [1.54, 1.807) is 31.4 Å². The number of sulfonamides is 1. The van der Waals surface area contributed by atoms with Crippen molar-refractivity contribution >= 4 is 45.6 Å². The van der Waals surface area contributed by atoms with Crippen LogP contribution >= 0.6 is 24.0 Å². The number of hydrogen-bond acceptors (Lipinski definition) is 4. The molecule has 32 heavy (non-hydrogen) atoms. The van der Waals surface area contributed by atoms with Crippen molar-refractivity contribution < 1.29 is 17.5 Å². The lowest BCUT2D eigenvalue weighted by molar-refractivity contribution is 0.415. The Morgan fingerprint density at radius 3 is 2.50 bits per heavy atom. The van der Waals surface area contributed by atoms with Crippen LogP contribution in [0.4, 0.5) is 10.1 Å². The second-order valence-electron chi connectivity index (χ2n) is 6.66. The molecule has 0 saturated carbocycles. The van der Waals surface area contributed by atoms with Gasteiger partial charge in [0.2, 0.25) is 10.0 Å². The van der Waals surface area contributed by atoms with E-state index in [0.717, 1.165) is 5.69 Å². The molecule has 3 rings (SSSR count). The quantitative estimate of drug-likeness (QED) is 0.217. The minimum absolute atomic E-state index is 0. The second kappa shape index (κ2) is 11.8. The van der Waals surface area contributed by atoms with Crippen LogP contribution < -0.4 is 20.5 Å². The number of anilines is 1. The third kappa shape index (κ3) is 7.46. The van der Waals surface area contributed by atoms with E-state index >= 15 is 0 Å². The first-order chi connectivity index (χ1) is 14.9. The molecule has 0 heterocycles. The van der Waals surface area contributed by atoms with Crippen molar-refractivity contribution in [1.82, 2.24) is 4.72 Å². The van der Waals surface area contributed by atoms with Crippen LogP contribution in [0.2, 0.25) is 0 Å². The maximum absolute atomic E-state index is 13.3. The molecular formula is C22H24FIN4O3S. The smallest absolute Gasteiger partial charge is 0.240 e. The molecule has 0 unspecified atom stereocenters. The number of nitrogens with zero attached hydrogens (tertiary/aromatic N) is 1. The van der Waals surface area contributed by atoms with E-state index in [1.807, 2.05) is 18.2 Å². The lowest BCUT2D eigenvalue weighted by Gasteiger charge is -2.09. The van der Waals surface area contributed by atoms with E-state index in [4.69, 9.17) is 10.5 Å². The minimum Gasteiger partial charge on any atom is -0.497 e. The number of hydrogen-bond donors (Lipinski definition) is 3. The van der Waals surface area contributed by atoms with Crippen LogP contribution in [0.5, 0.6) is 5.75 Å². The van der Waals surface area contributed by atoms with Crippen molar-refractivity contribution in [3.8, 4) is 5.75 Å². The lowest BCUT2D eigenvalue weighted by Crippen LogP contribution is -2.23. The second-order valence-corrected chi connectivity index (χ2v) is 8.43. The zero-order valence-electron chi connectivity index (χ0n) is 17.3. The Bertz CT molecular complexity index is 1190. The molecule has 170 valence electrons. The first-order valence-corrected chi connectivity index (χ1v) is 10.9. The number of ether oxygens (including phenoxy) is 1. The van der Waals surface area contributed by atoms with Crippen LogP contribution in [0.25, 0.3) is 0 Å². The van der Waals surface area contributed by atoms with Crippen LogP contribution in [0, 0.1) is 5.82 Å². The topological polar surface area (TPSA) is 106 Å². The van der Waals surface area contributed by atoms with Gasteiger partial charge in [0.25, 0.3) is 0 Å². The normalized spacial score (nSPS) is 11.5. The number of rotatable bonds is 8. The molecule has 0 aliphatic rings. The molecule has 0 fully saturated rings. The molecule has 10 heteroatoms. The fourth-order valence-corrected chi connectivity index (χ4v) is 3.87. The fourth-order valence-electron chi connectivity index (χ4n) is 2.78. The van der Waals surface area contributed by atoms with Gasteiger partial charge >= 0.3 is 0 Å². The summed E-state index contributed by atoms with van der Waals surface area (Å²) < 4.78 is 46.1. The molecule has 3 aromatic carbocycles. The van der Waals surface area contributed by atoms with Crippen LogP contribution in [0.3, 0.4) is 0 Å². The van der Waals surface area contributed by atoms with Gasteiger partial charge < -0.3 is 15.8 Å². The van der Waals surface area contributed by atoms with Gasteiger partial charge in [-0.1, -0.05) is 30.3 Å². The highest BCUT2D eigenvalue weighted by Crippen LogP contribution is 2.17. The van der Waals surface area contributed by atoms with E-state index in [-0.39, 0.29) is 47.9 Å². The van der Waals surface area contributed by atoms with Crippen molar-refractivity contribution in [3.63, 3.8) is 0 Å². The van der Waals surface area contributed by atoms with Crippen molar-refractivity contribution in [2.75, 3.05) is 12.4 Å². The molecule has 0 aromatic heterocycles. The predicted molar refractivity (Wildman–Crippen MR) is 134 cm³/mol. The molecule has 0 radical (unpaired) electrons. The van der Waals surface area contributed by atoms with Gasteiger partial charge in [-0.05, 0) is 47.5 Å². The third-order valence-electron chi connectivity index (χ3n) is 4.34. The highest BCUT2D eigenvalue weighted by molar-refractivity contribution is 14.0. The van der Waals surface area contributed by atoms with E-state index in [0.29, 0.717) is 16.9 Å². The summed E-state index contributed by atoms with van der Waals surface area (Å²) in [6.45, 7) is 0.177. The molecule has 0 aliphatic heterocycles. The van der Waals surface area contributed by atoms with Crippen molar-refractivity contribution in [1.29, 1.82) is 0 Å². The van der Waals surface area contributed by atoms with Gasteiger partial charge in [-0.25, -0.2) is 22.5 Å². The van der Waals surface area contributed by atoms with Gasteiger partial charge in [-0.2, -0.15) is 0 Å². The van der Waals surface area contributed by atoms with E-state index in [9.17, 15) is 12.8 Å². The fraction of sp³-hybridized carbons (Fsp3) is 0.136. The molecule has 0 aliphatic carbocycles. The standard InChI is InChI=1S/C22H23FN4O3S.HI/c1-30-20-9-4-8-19(13-20)27-22(24)25-14-17-6-3-10-21(12-17)31(28,29)26-15-16-5-2-7-18(23)11-16;/h2-13,26H,14-15H2,1H3,(H3,24,25,27);1H. The lowest BCUT2D eigenvalue weighted by atomic mass is 10.2. The number of aliphatic imine (C=N–C) groups is 1.